The van der Waals surface area contributed by atoms with Crippen molar-refractivity contribution in [3.05, 3.63) is 69.5 Å². The lowest BCUT2D eigenvalue weighted by atomic mass is 9.71. The smallest absolute Gasteiger partial charge is 0.192 e. The third-order valence-corrected chi connectivity index (χ3v) is 15.2. The molecule has 1 aromatic heterocycles. The van der Waals surface area contributed by atoms with Crippen molar-refractivity contribution in [2.24, 2.45) is 5.41 Å². The lowest BCUT2D eigenvalue weighted by Gasteiger charge is -2.45. The Hall–Kier alpha value is -1.79. The predicted octanol–water partition coefficient (Wildman–Crippen LogP) is 9.96. The van der Waals surface area contributed by atoms with Crippen LogP contribution in [0.1, 0.15) is 151 Å². The molecular formula is C38H57NO3Si. The Morgan fingerprint density at radius 1 is 1.02 bits per heavy atom. The quantitative estimate of drug-likeness (QED) is 0.334. The highest BCUT2D eigenvalue weighted by Gasteiger charge is 2.45. The zero-order valence-electron chi connectivity index (χ0n) is 28.7. The van der Waals surface area contributed by atoms with E-state index in [0.29, 0.717) is 0 Å². The molecule has 2 atom stereocenters. The third kappa shape index (κ3) is 6.76. The Morgan fingerprint density at radius 3 is 2.23 bits per heavy atom. The number of aromatic nitrogens is 1. The Labute approximate surface area is 262 Å². The van der Waals surface area contributed by atoms with Crippen LogP contribution in [0.4, 0.5) is 0 Å². The van der Waals surface area contributed by atoms with Crippen molar-refractivity contribution in [1.29, 1.82) is 0 Å². The van der Waals surface area contributed by atoms with Gasteiger partial charge in [0.25, 0.3) is 0 Å². The number of allylic oxidation sites excluding steroid dienone is 2. The van der Waals surface area contributed by atoms with Crippen LogP contribution in [0.3, 0.4) is 0 Å². The summed E-state index contributed by atoms with van der Waals surface area (Å²) in [7, 11) is -2.09. The topological polar surface area (TPSA) is 51.6 Å². The molecule has 1 aromatic carbocycles. The number of pyridine rings is 1. The molecular weight excluding hydrogens is 547 g/mol. The summed E-state index contributed by atoms with van der Waals surface area (Å²) in [5, 5.41) is 12.6. The number of aliphatic hydroxyl groups is 1. The highest BCUT2D eigenvalue weighted by Crippen LogP contribution is 2.52. The molecule has 2 aliphatic carbocycles. The minimum Gasteiger partial charge on any atom is -0.410 e. The van der Waals surface area contributed by atoms with E-state index < -0.39 is 14.4 Å². The number of aliphatic hydroxyl groups excluding tert-OH is 1. The van der Waals surface area contributed by atoms with Gasteiger partial charge in [0.1, 0.15) is 6.10 Å². The van der Waals surface area contributed by atoms with E-state index >= 15 is 0 Å². The molecule has 1 N–H and O–H groups in total. The molecule has 1 aliphatic heterocycles. The molecule has 0 amide bonds. The molecule has 0 radical (unpaired) electrons. The van der Waals surface area contributed by atoms with Crippen LogP contribution in [-0.4, -0.2) is 31.6 Å². The number of hydrogen-bond donors (Lipinski definition) is 1. The van der Waals surface area contributed by atoms with Crippen molar-refractivity contribution in [3.63, 3.8) is 0 Å². The van der Waals surface area contributed by atoms with Crippen LogP contribution >= 0.6 is 0 Å². The standard InChI is InChI=1S/C38H57NO3Si/c1-36(2,3)28-17-15-27(16-18-28)35(40)33-31(25-13-11-12-14-25)32-29(39-34(33)26-19-21-41-22-20-26)23-38(7,8)24-30(32)42-43(9,10)37(4,5)6/h13,15-18,26,30,35,40H,11-12,14,19-24H2,1-10H3/t30-,35?/m1/s1. The Bertz CT molecular complexity index is 1340. The Balaban J connectivity index is 1.76. The van der Waals surface area contributed by atoms with Crippen LogP contribution in [0.25, 0.3) is 5.57 Å². The second-order valence-electron chi connectivity index (χ2n) is 16.8. The van der Waals surface area contributed by atoms with E-state index in [4.69, 9.17) is 14.1 Å². The number of fused-ring (bicyclic) bond motifs is 1. The van der Waals surface area contributed by atoms with Gasteiger partial charge in [0.2, 0.25) is 0 Å². The number of rotatable bonds is 6. The summed E-state index contributed by atoms with van der Waals surface area (Å²) in [4.78, 5) is 5.60. The molecule has 0 saturated carbocycles. The van der Waals surface area contributed by atoms with Crippen LogP contribution in [0, 0.1) is 5.41 Å². The molecule has 43 heavy (non-hydrogen) atoms. The Kier molecular flexibility index (Phi) is 8.99. The van der Waals surface area contributed by atoms with E-state index in [9.17, 15) is 5.11 Å². The highest BCUT2D eigenvalue weighted by molar-refractivity contribution is 6.74. The van der Waals surface area contributed by atoms with Crippen molar-refractivity contribution in [2.75, 3.05) is 13.2 Å². The lowest BCUT2D eigenvalue weighted by molar-refractivity contribution is 0.0828. The van der Waals surface area contributed by atoms with Crippen LogP contribution in [0.5, 0.6) is 0 Å². The van der Waals surface area contributed by atoms with Gasteiger partial charge in [-0.05, 0) is 96.2 Å². The first-order valence-electron chi connectivity index (χ1n) is 16.8. The third-order valence-electron chi connectivity index (χ3n) is 10.7. The van der Waals surface area contributed by atoms with E-state index in [0.717, 1.165) is 75.0 Å². The lowest BCUT2D eigenvalue weighted by Crippen LogP contribution is -2.44. The van der Waals surface area contributed by atoms with Crippen LogP contribution in [0.2, 0.25) is 18.1 Å². The molecule has 5 heteroatoms. The molecule has 1 unspecified atom stereocenters. The predicted molar refractivity (Wildman–Crippen MR) is 181 cm³/mol. The summed E-state index contributed by atoms with van der Waals surface area (Å²) in [6, 6.07) is 8.66. The molecule has 0 spiro atoms. The molecule has 2 aromatic rings. The molecule has 236 valence electrons. The second kappa shape index (κ2) is 11.9. The SMILES string of the molecule is CC1(C)Cc2nc(C3CCOCC3)c(C(O)c3ccc(C(C)(C)C)cc3)c(C3=CCCC3)c2[C@H](O[Si](C)(C)C(C)(C)C)C1. The fourth-order valence-electron chi connectivity index (χ4n) is 7.06. The summed E-state index contributed by atoms with van der Waals surface area (Å²) in [5.41, 5.74) is 9.62. The molecule has 1 saturated heterocycles. The summed E-state index contributed by atoms with van der Waals surface area (Å²) < 4.78 is 13.2. The summed E-state index contributed by atoms with van der Waals surface area (Å²) in [6.07, 6.45) is 8.76. The minimum absolute atomic E-state index is 0.0263. The molecule has 4 nitrogen and oxygen atoms in total. The monoisotopic (exact) mass is 603 g/mol. The number of benzene rings is 1. The zero-order chi connectivity index (χ0) is 31.4. The molecule has 2 heterocycles. The first kappa shape index (κ1) is 32.6. The van der Waals surface area contributed by atoms with Gasteiger partial charge in [-0.25, -0.2) is 0 Å². The van der Waals surface area contributed by atoms with Gasteiger partial charge in [0, 0.05) is 36.0 Å². The average molecular weight is 604 g/mol. The van der Waals surface area contributed by atoms with Gasteiger partial charge in [-0.3, -0.25) is 4.98 Å². The van der Waals surface area contributed by atoms with E-state index in [1.54, 1.807) is 0 Å². The van der Waals surface area contributed by atoms with Crippen LogP contribution in [0.15, 0.2) is 30.3 Å². The van der Waals surface area contributed by atoms with E-state index in [1.807, 2.05) is 0 Å². The van der Waals surface area contributed by atoms with Gasteiger partial charge < -0.3 is 14.3 Å². The first-order valence-corrected chi connectivity index (χ1v) is 19.7. The number of hydrogen-bond acceptors (Lipinski definition) is 4. The normalized spacial score (nSPS) is 22.3. The van der Waals surface area contributed by atoms with Crippen LogP contribution in [-0.2, 0) is 21.0 Å². The fourth-order valence-corrected chi connectivity index (χ4v) is 8.33. The van der Waals surface area contributed by atoms with Gasteiger partial charge in [-0.1, -0.05) is 85.7 Å². The van der Waals surface area contributed by atoms with Gasteiger partial charge in [0.05, 0.1) is 11.8 Å². The average Bonchev–Trinajstić information content (AvgIpc) is 3.45. The van der Waals surface area contributed by atoms with Gasteiger partial charge in [-0.2, -0.15) is 0 Å². The summed E-state index contributed by atoms with van der Waals surface area (Å²) in [6.45, 7) is 24.7. The maximum Gasteiger partial charge on any atom is 0.192 e. The Morgan fingerprint density at radius 2 is 1.67 bits per heavy atom. The van der Waals surface area contributed by atoms with E-state index in [2.05, 4.69) is 98.8 Å². The van der Waals surface area contributed by atoms with Gasteiger partial charge in [0.15, 0.2) is 8.32 Å². The van der Waals surface area contributed by atoms with Gasteiger partial charge in [-0.15, -0.1) is 0 Å². The first-order chi connectivity index (χ1) is 20.0. The number of ether oxygens (including phenoxy) is 1. The summed E-state index contributed by atoms with van der Waals surface area (Å²) in [5.74, 6) is 0.281. The van der Waals surface area contributed by atoms with Crippen molar-refractivity contribution >= 4 is 13.9 Å². The molecule has 5 rings (SSSR count). The van der Waals surface area contributed by atoms with Crippen LogP contribution < -0.4 is 0 Å². The second-order valence-corrected chi connectivity index (χ2v) is 21.6. The summed E-state index contributed by atoms with van der Waals surface area (Å²) >= 11 is 0. The van der Waals surface area contributed by atoms with Crippen molar-refractivity contribution < 1.29 is 14.3 Å². The maximum atomic E-state index is 12.5. The molecule has 1 fully saturated rings. The fraction of sp³-hybridized carbons (Fsp3) is 0.658. The van der Waals surface area contributed by atoms with Gasteiger partial charge >= 0.3 is 0 Å². The highest BCUT2D eigenvalue weighted by atomic mass is 28.4. The molecule has 0 bridgehead atoms. The van der Waals surface area contributed by atoms with Crippen molar-refractivity contribution in [2.45, 2.75) is 142 Å². The van der Waals surface area contributed by atoms with Crippen molar-refractivity contribution in [1.82, 2.24) is 4.98 Å². The van der Waals surface area contributed by atoms with E-state index in [1.165, 1.54) is 28.0 Å². The molecule has 3 aliphatic rings. The van der Waals surface area contributed by atoms with Crippen molar-refractivity contribution in [3.8, 4) is 0 Å². The largest absolute Gasteiger partial charge is 0.410 e. The minimum atomic E-state index is -2.09. The van der Waals surface area contributed by atoms with E-state index in [-0.39, 0.29) is 27.9 Å². The maximum absolute atomic E-state index is 12.5. The zero-order valence-corrected chi connectivity index (χ0v) is 29.7. The number of nitrogens with zero attached hydrogens (tertiary/aromatic N) is 1.